The van der Waals surface area contributed by atoms with Gasteiger partial charge in [0.1, 0.15) is 0 Å². The number of para-hydroxylation sites is 1. The maximum absolute atomic E-state index is 5.66. The molecule has 0 aliphatic carbocycles. The Kier molecular flexibility index (Phi) is 6.15. The third-order valence-corrected chi connectivity index (χ3v) is 3.99. The van der Waals surface area contributed by atoms with Crippen molar-refractivity contribution in [3.8, 4) is 0 Å². The second kappa shape index (κ2) is 8.11. The summed E-state index contributed by atoms with van der Waals surface area (Å²) in [4.78, 5) is 4.44. The van der Waals surface area contributed by atoms with Crippen LogP contribution in [0.4, 0.5) is 0 Å². The zero-order valence-corrected chi connectivity index (χ0v) is 13.3. The van der Waals surface area contributed by atoms with Gasteiger partial charge < -0.3 is 10.1 Å². The average Bonchev–Trinajstić information content (AvgIpc) is 2.53. The zero-order valence-electron chi connectivity index (χ0n) is 13.3. The van der Waals surface area contributed by atoms with E-state index in [1.807, 2.05) is 12.3 Å². The van der Waals surface area contributed by atoms with Crippen LogP contribution in [0.25, 0.3) is 10.9 Å². The van der Waals surface area contributed by atoms with E-state index in [2.05, 4.69) is 48.4 Å². The molecule has 2 aromatic rings. The van der Waals surface area contributed by atoms with Gasteiger partial charge in [0, 0.05) is 24.7 Å². The highest BCUT2D eigenvalue weighted by Crippen LogP contribution is 2.19. The Bertz CT molecular complexity index is 546. The van der Waals surface area contributed by atoms with Crippen LogP contribution in [0.1, 0.15) is 32.3 Å². The van der Waals surface area contributed by atoms with E-state index in [1.165, 1.54) is 10.9 Å². The lowest BCUT2D eigenvalue weighted by atomic mass is 9.97. The second-order valence-corrected chi connectivity index (χ2v) is 5.43. The lowest BCUT2D eigenvalue weighted by Gasteiger charge is -2.26. The second-order valence-electron chi connectivity index (χ2n) is 5.43. The van der Waals surface area contributed by atoms with Gasteiger partial charge in [-0.1, -0.05) is 32.0 Å². The molecule has 0 bridgehead atoms. The summed E-state index contributed by atoms with van der Waals surface area (Å²) >= 11 is 0. The molecule has 3 heteroatoms. The molecule has 0 spiro atoms. The van der Waals surface area contributed by atoms with Crippen LogP contribution in [0.2, 0.25) is 0 Å². The maximum atomic E-state index is 5.66. The van der Waals surface area contributed by atoms with Gasteiger partial charge in [-0.2, -0.15) is 0 Å². The summed E-state index contributed by atoms with van der Waals surface area (Å²) in [6.07, 6.45) is 5.26. The minimum atomic E-state index is 0.239. The fraction of sp³-hybridized carbons (Fsp3) is 0.500. The number of benzene rings is 1. The number of rotatable bonds is 8. The normalized spacial score (nSPS) is 14.2. The number of ether oxygens (including phenoxy) is 1. The molecule has 1 heterocycles. The van der Waals surface area contributed by atoms with Crippen LogP contribution in [0, 0.1) is 0 Å². The largest absolute Gasteiger partial charge is 0.380 e. The molecule has 0 amide bonds. The van der Waals surface area contributed by atoms with Crippen molar-refractivity contribution >= 4 is 10.9 Å². The van der Waals surface area contributed by atoms with Crippen molar-refractivity contribution < 1.29 is 4.74 Å². The van der Waals surface area contributed by atoms with E-state index in [0.717, 1.165) is 31.3 Å². The van der Waals surface area contributed by atoms with Crippen molar-refractivity contribution in [1.29, 1.82) is 0 Å². The predicted octanol–water partition coefficient (Wildman–Crippen LogP) is 3.57. The molecule has 0 aliphatic heterocycles. The summed E-state index contributed by atoms with van der Waals surface area (Å²) in [5.41, 5.74) is 2.40. The quantitative estimate of drug-likeness (QED) is 0.805. The highest BCUT2D eigenvalue weighted by atomic mass is 16.5. The van der Waals surface area contributed by atoms with Crippen LogP contribution in [-0.2, 0) is 11.2 Å². The van der Waals surface area contributed by atoms with Crippen molar-refractivity contribution in [1.82, 2.24) is 10.3 Å². The number of hydrogen-bond acceptors (Lipinski definition) is 3. The number of hydrogen-bond donors (Lipinski definition) is 1. The van der Waals surface area contributed by atoms with Crippen LogP contribution in [0.5, 0.6) is 0 Å². The summed E-state index contributed by atoms with van der Waals surface area (Å²) in [6, 6.07) is 10.8. The Balaban J connectivity index is 2.25. The number of methoxy groups -OCH3 is 1. The molecule has 2 atom stereocenters. The Morgan fingerprint density at radius 1 is 1.19 bits per heavy atom. The van der Waals surface area contributed by atoms with E-state index in [9.17, 15) is 0 Å². The van der Waals surface area contributed by atoms with Crippen molar-refractivity contribution in [3.05, 3.63) is 42.1 Å². The molecular formula is C18H26N2O. The van der Waals surface area contributed by atoms with E-state index in [1.54, 1.807) is 7.11 Å². The summed E-state index contributed by atoms with van der Waals surface area (Å²) in [7, 11) is 1.81. The van der Waals surface area contributed by atoms with Gasteiger partial charge in [0.15, 0.2) is 0 Å². The van der Waals surface area contributed by atoms with E-state index < -0.39 is 0 Å². The van der Waals surface area contributed by atoms with Crippen molar-refractivity contribution in [2.24, 2.45) is 0 Å². The van der Waals surface area contributed by atoms with Crippen LogP contribution < -0.4 is 5.32 Å². The molecule has 0 saturated carbocycles. The van der Waals surface area contributed by atoms with E-state index >= 15 is 0 Å². The minimum absolute atomic E-state index is 0.239. The Morgan fingerprint density at radius 3 is 2.71 bits per heavy atom. The summed E-state index contributed by atoms with van der Waals surface area (Å²) < 4.78 is 5.66. The Morgan fingerprint density at radius 2 is 2.00 bits per heavy atom. The molecule has 2 unspecified atom stereocenters. The fourth-order valence-corrected chi connectivity index (χ4v) is 2.85. The van der Waals surface area contributed by atoms with Crippen LogP contribution >= 0.6 is 0 Å². The maximum Gasteiger partial charge on any atom is 0.0724 e. The topological polar surface area (TPSA) is 34.2 Å². The van der Waals surface area contributed by atoms with Crippen molar-refractivity contribution in [3.63, 3.8) is 0 Å². The number of pyridine rings is 1. The Hall–Kier alpha value is -1.45. The van der Waals surface area contributed by atoms with Gasteiger partial charge in [-0.3, -0.25) is 4.98 Å². The summed E-state index contributed by atoms with van der Waals surface area (Å²) in [6.45, 7) is 5.40. The number of nitrogens with one attached hydrogen (secondary N) is 1. The summed E-state index contributed by atoms with van der Waals surface area (Å²) in [5.74, 6) is 0. The van der Waals surface area contributed by atoms with Gasteiger partial charge in [0.05, 0.1) is 11.6 Å². The average molecular weight is 286 g/mol. The monoisotopic (exact) mass is 286 g/mol. The van der Waals surface area contributed by atoms with Gasteiger partial charge >= 0.3 is 0 Å². The molecule has 0 fully saturated rings. The molecule has 0 radical (unpaired) electrons. The molecular weight excluding hydrogens is 260 g/mol. The standard InChI is InChI=1S/C18H26N2O/c1-4-11-19-17(18(5-2)21-3)13-14-10-12-20-16-9-7-6-8-15(14)16/h6-10,12,17-19H,4-5,11,13H2,1-3H3. The van der Waals surface area contributed by atoms with Crippen LogP contribution in [0.15, 0.2) is 36.5 Å². The molecule has 0 aliphatic rings. The molecule has 1 N–H and O–H groups in total. The van der Waals surface area contributed by atoms with E-state index in [4.69, 9.17) is 4.74 Å². The number of nitrogens with zero attached hydrogens (tertiary/aromatic N) is 1. The first kappa shape index (κ1) is 15.9. The summed E-state index contributed by atoms with van der Waals surface area (Å²) in [5, 5.41) is 4.88. The van der Waals surface area contributed by atoms with Gasteiger partial charge in [-0.05, 0) is 43.5 Å². The lowest BCUT2D eigenvalue weighted by Crippen LogP contribution is -2.42. The molecule has 2 rings (SSSR count). The lowest BCUT2D eigenvalue weighted by molar-refractivity contribution is 0.0654. The van der Waals surface area contributed by atoms with Gasteiger partial charge in [0.2, 0.25) is 0 Å². The third kappa shape index (κ3) is 4.02. The number of fused-ring (bicyclic) bond motifs is 1. The zero-order chi connectivity index (χ0) is 15.1. The van der Waals surface area contributed by atoms with E-state index in [0.29, 0.717) is 6.04 Å². The van der Waals surface area contributed by atoms with Gasteiger partial charge in [-0.15, -0.1) is 0 Å². The van der Waals surface area contributed by atoms with Crippen molar-refractivity contribution in [2.75, 3.05) is 13.7 Å². The molecule has 21 heavy (non-hydrogen) atoms. The van der Waals surface area contributed by atoms with Crippen LogP contribution in [-0.4, -0.2) is 30.8 Å². The molecule has 1 aromatic carbocycles. The molecule has 1 aromatic heterocycles. The SMILES string of the molecule is CCCNC(Cc1ccnc2ccccc12)C(CC)OC. The highest BCUT2D eigenvalue weighted by Gasteiger charge is 2.20. The molecule has 3 nitrogen and oxygen atoms in total. The smallest absolute Gasteiger partial charge is 0.0724 e. The van der Waals surface area contributed by atoms with E-state index in [-0.39, 0.29) is 6.10 Å². The molecule has 0 saturated heterocycles. The first-order valence-electron chi connectivity index (χ1n) is 7.88. The first-order chi connectivity index (χ1) is 10.3. The highest BCUT2D eigenvalue weighted by molar-refractivity contribution is 5.81. The first-order valence-corrected chi connectivity index (χ1v) is 7.88. The Labute approximate surface area is 127 Å². The fourth-order valence-electron chi connectivity index (χ4n) is 2.85. The van der Waals surface area contributed by atoms with Crippen molar-refractivity contribution in [2.45, 2.75) is 45.3 Å². The molecule has 114 valence electrons. The minimum Gasteiger partial charge on any atom is -0.380 e. The van der Waals surface area contributed by atoms with Gasteiger partial charge in [-0.25, -0.2) is 0 Å². The van der Waals surface area contributed by atoms with Crippen LogP contribution in [0.3, 0.4) is 0 Å². The predicted molar refractivity (Wildman–Crippen MR) is 88.6 cm³/mol. The number of aromatic nitrogens is 1. The van der Waals surface area contributed by atoms with Gasteiger partial charge in [0.25, 0.3) is 0 Å². The third-order valence-electron chi connectivity index (χ3n) is 3.99.